The second-order valence-corrected chi connectivity index (χ2v) is 5.99. The number of halogens is 2. The Kier molecular flexibility index (Phi) is 11.3. The highest BCUT2D eigenvalue weighted by molar-refractivity contribution is 6.02. The van der Waals surface area contributed by atoms with Crippen molar-refractivity contribution in [2.45, 2.75) is 6.54 Å². The number of ether oxygens (including phenoxy) is 2. The highest BCUT2D eigenvalue weighted by Gasteiger charge is 2.06. The summed E-state index contributed by atoms with van der Waals surface area (Å²) in [5.41, 5.74) is 6.71. The first-order valence-corrected chi connectivity index (χ1v) is 8.86. The normalized spacial score (nSPS) is 10.6. The van der Waals surface area contributed by atoms with Crippen LogP contribution in [0.15, 0.2) is 54.6 Å². The molecule has 0 heterocycles. The van der Waals surface area contributed by atoms with Crippen LogP contribution in [0.1, 0.15) is 5.56 Å². The molecule has 0 unspecified atom stereocenters. The van der Waals surface area contributed by atoms with Gasteiger partial charge in [0.2, 0.25) is 0 Å². The van der Waals surface area contributed by atoms with E-state index in [0.717, 1.165) is 13.1 Å². The summed E-state index contributed by atoms with van der Waals surface area (Å²) < 4.78 is 10.8. The number of hydrogen-bond acceptors (Lipinski definition) is 4. The Balaban J connectivity index is 0.00000182. The van der Waals surface area contributed by atoms with E-state index in [1.165, 1.54) is 27.1 Å². The fourth-order valence-electron chi connectivity index (χ4n) is 3.06. The predicted molar refractivity (Wildman–Crippen MR) is 118 cm³/mol. The fraction of sp³-hybridized carbons (Fsp3) is 0.333. The van der Waals surface area contributed by atoms with Gasteiger partial charge < -0.3 is 20.5 Å². The Morgan fingerprint density at radius 3 is 1.89 bits per heavy atom. The molecule has 3 aromatic carbocycles. The second-order valence-electron chi connectivity index (χ2n) is 5.99. The third kappa shape index (κ3) is 6.61. The summed E-state index contributed by atoms with van der Waals surface area (Å²) in [5.74, 6) is 0. The van der Waals surface area contributed by atoms with Crippen LogP contribution in [-0.4, -0.2) is 39.5 Å². The maximum Gasteiger partial charge on any atom is 0.0701 e. The van der Waals surface area contributed by atoms with E-state index in [4.69, 9.17) is 15.2 Å². The number of nitrogens with one attached hydrogen (secondary N) is 1. The molecule has 0 aliphatic rings. The topological polar surface area (TPSA) is 56.5 Å². The lowest BCUT2D eigenvalue weighted by Crippen LogP contribution is -2.21. The molecule has 0 amide bonds. The molecule has 3 aromatic rings. The van der Waals surface area contributed by atoms with E-state index < -0.39 is 0 Å². The van der Waals surface area contributed by atoms with Gasteiger partial charge in [0.05, 0.1) is 26.4 Å². The van der Waals surface area contributed by atoms with Crippen molar-refractivity contribution < 1.29 is 9.47 Å². The maximum absolute atomic E-state index is 5.56. The lowest BCUT2D eigenvalue weighted by atomic mass is 9.97. The van der Waals surface area contributed by atoms with Gasteiger partial charge in [-0.25, -0.2) is 0 Å². The SMILES string of the molecule is Cl.Cl.NCCOCCOCCNCc1c2ccccc2cc2ccccc12. The van der Waals surface area contributed by atoms with E-state index in [1.54, 1.807) is 0 Å². The van der Waals surface area contributed by atoms with Crippen LogP contribution < -0.4 is 11.1 Å². The van der Waals surface area contributed by atoms with Gasteiger partial charge >= 0.3 is 0 Å². The number of hydrogen-bond donors (Lipinski definition) is 2. The van der Waals surface area contributed by atoms with Crippen molar-refractivity contribution in [2.24, 2.45) is 5.73 Å². The molecular weight excluding hydrogens is 383 g/mol. The molecule has 0 radical (unpaired) electrons. The van der Waals surface area contributed by atoms with Crippen molar-refractivity contribution in [3.05, 3.63) is 60.2 Å². The van der Waals surface area contributed by atoms with Crippen LogP contribution in [0.3, 0.4) is 0 Å². The van der Waals surface area contributed by atoms with E-state index in [0.29, 0.717) is 33.0 Å². The lowest BCUT2D eigenvalue weighted by Gasteiger charge is -2.13. The highest BCUT2D eigenvalue weighted by atomic mass is 35.5. The number of benzene rings is 3. The zero-order chi connectivity index (χ0) is 17.3. The molecule has 0 bridgehead atoms. The molecule has 0 aromatic heterocycles. The fourth-order valence-corrected chi connectivity index (χ4v) is 3.06. The Hall–Kier alpha value is -1.40. The van der Waals surface area contributed by atoms with Gasteiger partial charge in [0.15, 0.2) is 0 Å². The van der Waals surface area contributed by atoms with Crippen molar-refractivity contribution in [1.82, 2.24) is 5.32 Å². The van der Waals surface area contributed by atoms with Gasteiger partial charge in [0, 0.05) is 19.6 Å². The monoisotopic (exact) mass is 410 g/mol. The summed E-state index contributed by atoms with van der Waals surface area (Å²) in [6.45, 7) is 4.68. The van der Waals surface area contributed by atoms with Gasteiger partial charge in [0.1, 0.15) is 0 Å². The average molecular weight is 411 g/mol. The minimum Gasteiger partial charge on any atom is -0.378 e. The molecule has 0 spiro atoms. The Morgan fingerprint density at radius 2 is 1.30 bits per heavy atom. The van der Waals surface area contributed by atoms with Gasteiger partial charge in [-0.1, -0.05) is 48.5 Å². The van der Waals surface area contributed by atoms with Crippen molar-refractivity contribution in [3.63, 3.8) is 0 Å². The molecule has 0 saturated carbocycles. The van der Waals surface area contributed by atoms with Gasteiger partial charge in [-0.2, -0.15) is 0 Å². The van der Waals surface area contributed by atoms with E-state index in [9.17, 15) is 0 Å². The van der Waals surface area contributed by atoms with Gasteiger partial charge in [-0.05, 0) is 33.2 Å². The van der Waals surface area contributed by atoms with Crippen LogP contribution in [0.5, 0.6) is 0 Å². The summed E-state index contributed by atoms with van der Waals surface area (Å²) in [6, 6.07) is 19.4. The average Bonchev–Trinajstić information content (AvgIpc) is 2.66. The number of fused-ring (bicyclic) bond motifs is 2. The van der Waals surface area contributed by atoms with E-state index >= 15 is 0 Å². The molecular formula is C21H28Cl2N2O2. The second kappa shape index (κ2) is 12.9. The van der Waals surface area contributed by atoms with Crippen LogP contribution in [0, 0.1) is 0 Å². The molecule has 6 heteroatoms. The third-order valence-electron chi connectivity index (χ3n) is 4.24. The van der Waals surface area contributed by atoms with Crippen molar-refractivity contribution in [2.75, 3.05) is 39.5 Å². The van der Waals surface area contributed by atoms with E-state index in [1.807, 2.05) is 0 Å². The van der Waals surface area contributed by atoms with E-state index in [-0.39, 0.29) is 24.8 Å². The largest absolute Gasteiger partial charge is 0.378 e. The van der Waals surface area contributed by atoms with Gasteiger partial charge in [-0.15, -0.1) is 24.8 Å². The number of rotatable bonds is 10. The van der Waals surface area contributed by atoms with Crippen LogP contribution in [0.25, 0.3) is 21.5 Å². The highest BCUT2D eigenvalue weighted by Crippen LogP contribution is 2.28. The molecule has 0 aliphatic carbocycles. The Morgan fingerprint density at radius 1 is 0.741 bits per heavy atom. The molecule has 3 N–H and O–H groups in total. The van der Waals surface area contributed by atoms with Crippen LogP contribution >= 0.6 is 24.8 Å². The molecule has 0 aliphatic heterocycles. The Bertz CT molecular complexity index is 760. The van der Waals surface area contributed by atoms with Crippen molar-refractivity contribution in [1.29, 1.82) is 0 Å². The zero-order valence-corrected chi connectivity index (χ0v) is 17.0. The minimum atomic E-state index is 0. The predicted octanol–water partition coefficient (Wildman–Crippen LogP) is 3.92. The summed E-state index contributed by atoms with van der Waals surface area (Å²) >= 11 is 0. The lowest BCUT2D eigenvalue weighted by molar-refractivity contribution is 0.0518. The summed E-state index contributed by atoms with van der Waals surface area (Å²) in [7, 11) is 0. The van der Waals surface area contributed by atoms with Crippen LogP contribution in [-0.2, 0) is 16.0 Å². The molecule has 0 fully saturated rings. The molecule has 0 atom stereocenters. The smallest absolute Gasteiger partial charge is 0.0701 e. The first-order valence-electron chi connectivity index (χ1n) is 8.86. The summed E-state index contributed by atoms with van der Waals surface area (Å²) in [5, 5.41) is 8.69. The molecule has 148 valence electrons. The number of nitrogens with two attached hydrogens (primary N) is 1. The Labute approximate surface area is 173 Å². The minimum absolute atomic E-state index is 0. The van der Waals surface area contributed by atoms with Crippen molar-refractivity contribution in [3.8, 4) is 0 Å². The third-order valence-corrected chi connectivity index (χ3v) is 4.24. The summed E-state index contributed by atoms with van der Waals surface area (Å²) in [6.07, 6.45) is 0. The molecule has 0 saturated heterocycles. The first-order chi connectivity index (χ1) is 12.4. The molecule has 3 rings (SSSR count). The molecule has 4 nitrogen and oxygen atoms in total. The maximum atomic E-state index is 5.56. The summed E-state index contributed by atoms with van der Waals surface area (Å²) in [4.78, 5) is 0. The van der Waals surface area contributed by atoms with Crippen LogP contribution in [0.2, 0.25) is 0 Å². The van der Waals surface area contributed by atoms with Gasteiger partial charge in [0.25, 0.3) is 0 Å². The van der Waals surface area contributed by atoms with E-state index in [2.05, 4.69) is 59.9 Å². The first kappa shape index (κ1) is 23.6. The quantitative estimate of drug-likeness (QED) is 0.392. The van der Waals surface area contributed by atoms with Crippen molar-refractivity contribution >= 4 is 46.4 Å². The molecule has 27 heavy (non-hydrogen) atoms. The van der Waals surface area contributed by atoms with Gasteiger partial charge in [-0.3, -0.25) is 0 Å². The van der Waals surface area contributed by atoms with Crippen LogP contribution in [0.4, 0.5) is 0 Å². The standard InChI is InChI=1S/C21H26N2O2.2ClH/c22-9-11-24-13-14-25-12-10-23-16-21-19-7-3-1-5-17(19)15-18-6-2-4-8-20(18)21;;/h1-8,15,23H,9-14,16,22H2;2*1H. The zero-order valence-electron chi connectivity index (χ0n) is 15.4.